The minimum absolute atomic E-state index is 0.0551. The highest BCUT2D eigenvalue weighted by Crippen LogP contribution is 2.32. The molecule has 1 aliphatic heterocycles. The van der Waals surface area contributed by atoms with Crippen LogP contribution in [0.15, 0.2) is 24.3 Å². The van der Waals surface area contributed by atoms with Gasteiger partial charge in [-0.05, 0) is 31.4 Å². The fourth-order valence-corrected chi connectivity index (χ4v) is 2.58. The summed E-state index contributed by atoms with van der Waals surface area (Å²) >= 11 is 0. The molecule has 3 rings (SSSR count). The molecule has 2 fully saturated rings. The fraction of sp³-hybridized carbons (Fsp3) is 0.467. The first-order chi connectivity index (χ1) is 9.65. The molecule has 2 aliphatic rings. The molecular formula is C15H17FN2O2. The third kappa shape index (κ3) is 2.66. The number of hydrogen-bond donors (Lipinski definition) is 1. The zero-order valence-electron chi connectivity index (χ0n) is 11.1. The summed E-state index contributed by atoms with van der Waals surface area (Å²) in [7, 11) is 0. The van der Waals surface area contributed by atoms with Crippen molar-refractivity contribution in [2.75, 3.05) is 13.1 Å². The zero-order valence-corrected chi connectivity index (χ0v) is 11.1. The van der Waals surface area contributed by atoms with Crippen molar-refractivity contribution in [3.63, 3.8) is 0 Å². The van der Waals surface area contributed by atoms with Gasteiger partial charge in [0.15, 0.2) is 0 Å². The number of benzene rings is 1. The molecule has 1 aliphatic carbocycles. The molecule has 5 heteroatoms. The lowest BCUT2D eigenvalue weighted by molar-refractivity contribution is -0.131. The minimum Gasteiger partial charge on any atom is -0.347 e. The largest absolute Gasteiger partial charge is 0.347 e. The van der Waals surface area contributed by atoms with E-state index in [9.17, 15) is 14.0 Å². The predicted molar refractivity (Wildman–Crippen MR) is 71.6 cm³/mol. The summed E-state index contributed by atoms with van der Waals surface area (Å²) in [5.74, 6) is -0.522. The van der Waals surface area contributed by atoms with Crippen LogP contribution in [0.3, 0.4) is 0 Å². The number of rotatable bonds is 3. The van der Waals surface area contributed by atoms with Crippen molar-refractivity contribution >= 4 is 11.8 Å². The van der Waals surface area contributed by atoms with Gasteiger partial charge < -0.3 is 10.2 Å². The van der Waals surface area contributed by atoms with Crippen molar-refractivity contribution in [1.82, 2.24) is 10.2 Å². The number of amides is 2. The van der Waals surface area contributed by atoms with E-state index in [1.165, 1.54) is 12.1 Å². The molecule has 1 heterocycles. The molecular weight excluding hydrogens is 259 g/mol. The summed E-state index contributed by atoms with van der Waals surface area (Å²) in [6, 6.07) is 5.84. The summed E-state index contributed by atoms with van der Waals surface area (Å²) in [6.07, 6.45) is 2.71. The number of nitrogens with zero attached hydrogens (tertiary/aromatic N) is 1. The Balaban J connectivity index is 1.58. The second-order valence-corrected chi connectivity index (χ2v) is 5.50. The third-order valence-corrected chi connectivity index (χ3v) is 3.88. The summed E-state index contributed by atoms with van der Waals surface area (Å²) in [4.78, 5) is 25.7. The monoisotopic (exact) mass is 276 g/mol. The standard InChI is InChI=1S/C15H17FN2O2/c16-13-4-2-1-3-12(13)14(19)17-11-7-8-18(9-11)15(20)10-5-6-10/h1-4,10-11H,5-9H2,(H,17,19)/t11-/m0/s1. The average Bonchev–Trinajstić information content (AvgIpc) is 3.19. The highest BCUT2D eigenvalue weighted by molar-refractivity contribution is 5.94. The van der Waals surface area contributed by atoms with Gasteiger partial charge in [0.25, 0.3) is 5.91 Å². The summed E-state index contributed by atoms with van der Waals surface area (Å²) in [5, 5.41) is 2.81. The van der Waals surface area contributed by atoms with Gasteiger partial charge in [0.2, 0.25) is 5.91 Å². The molecule has 1 saturated carbocycles. The third-order valence-electron chi connectivity index (χ3n) is 3.88. The fourth-order valence-electron chi connectivity index (χ4n) is 2.58. The van der Waals surface area contributed by atoms with E-state index >= 15 is 0 Å². The Bertz CT molecular complexity index is 542. The van der Waals surface area contributed by atoms with Crippen LogP contribution < -0.4 is 5.32 Å². The average molecular weight is 276 g/mol. The number of carbonyl (C=O) groups is 2. The highest BCUT2D eigenvalue weighted by atomic mass is 19.1. The quantitative estimate of drug-likeness (QED) is 0.911. The van der Waals surface area contributed by atoms with Crippen molar-refractivity contribution in [3.8, 4) is 0 Å². The van der Waals surface area contributed by atoms with Gasteiger partial charge in [0, 0.05) is 25.0 Å². The summed E-state index contributed by atoms with van der Waals surface area (Å²) in [5.41, 5.74) is 0.0551. The first-order valence-electron chi connectivity index (χ1n) is 6.99. The second kappa shape index (κ2) is 5.23. The Kier molecular flexibility index (Phi) is 3.42. The van der Waals surface area contributed by atoms with E-state index in [1.54, 1.807) is 12.1 Å². The van der Waals surface area contributed by atoms with Crippen LogP contribution in [0.5, 0.6) is 0 Å². The molecule has 106 valence electrons. The normalized spacial score (nSPS) is 21.9. The lowest BCUT2D eigenvalue weighted by atomic mass is 10.1. The number of likely N-dealkylation sites (tertiary alicyclic amines) is 1. The molecule has 20 heavy (non-hydrogen) atoms. The molecule has 0 aromatic heterocycles. The van der Waals surface area contributed by atoms with E-state index in [2.05, 4.69) is 5.32 Å². The van der Waals surface area contributed by atoms with Crippen LogP contribution in [0.4, 0.5) is 4.39 Å². The van der Waals surface area contributed by atoms with Crippen molar-refractivity contribution in [2.45, 2.75) is 25.3 Å². The Labute approximate surface area is 117 Å². The lowest BCUT2D eigenvalue weighted by Gasteiger charge is -2.17. The van der Waals surface area contributed by atoms with Crippen LogP contribution >= 0.6 is 0 Å². The van der Waals surface area contributed by atoms with Crippen LogP contribution in [-0.4, -0.2) is 35.8 Å². The molecule has 0 unspecified atom stereocenters. The van der Waals surface area contributed by atoms with Crippen molar-refractivity contribution in [2.24, 2.45) is 5.92 Å². The second-order valence-electron chi connectivity index (χ2n) is 5.50. The molecule has 1 saturated heterocycles. The van der Waals surface area contributed by atoms with Crippen LogP contribution in [0.2, 0.25) is 0 Å². The van der Waals surface area contributed by atoms with Gasteiger partial charge in [-0.3, -0.25) is 9.59 Å². The van der Waals surface area contributed by atoms with Crippen molar-refractivity contribution in [1.29, 1.82) is 0 Å². The van der Waals surface area contributed by atoms with E-state index in [1.807, 2.05) is 4.90 Å². The predicted octanol–water partition coefficient (Wildman–Crippen LogP) is 1.57. The smallest absolute Gasteiger partial charge is 0.254 e. The Morgan fingerprint density at radius 2 is 1.95 bits per heavy atom. The Hall–Kier alpha value is -1.91. The molecule has 0 radical (unpaired) electrons. The van der Waals surface area contributed by atoms with Gasteiger partial charge in [-0.15, -0.1) is 0 Å². The molecule has 2 amide bonds. The molecule has 1 aromatic rings. The molecule has 0 spiro atoms. The van der Waals surface area contributed by atoms with E-state index in [4.69, 9.17) is 0 Å². The van der Waals surface area contributed by atoms with Crippen molar-refractivity contribution < 1.29 is 14.0 Å². The maximum atomic E-state index is 13.5. The molecule has 1 N–H and O–H groups in total. The first-order valence-corrected chi connectivity index (χ1v) is 6.99. The molecule has 1 atom stereocenters. The van der Waals surface area contributed by atoms with E-state index in [0.29, 0.717) is 13.1 Å². The van der Waals surface area contributed by atoms with E-state index in [0.717, 1.165) is 19.3 Å². The van der Waals surface area contributed by atoms with E-state index in [-0.39, 0.29) is 23.4 Å². The molecule has 4 nitrogen and oxygen atoms in total. The van der Waals surface area contributed by atoms with Crippen LogP contribution in [0, 0.1) is 11.7 Å². The van der Waals surface area contributed by atoms with Gasteiger partial charge >= 0.3 is 0 Å². The Morgan fingerprint density at radius 3 is 2.65 bits per heavy atom. The molecule has 1 aromatic carbocycles. The van der Waals surface area contributed by atoms with Crippen molar-refractivity contribution in [3.05, 3.63) is 35.6 Å². The lowest BCUT2D eigenvalue weighted by Crippen LogP contribution is -2.39. The number of nitrogens with one attached hydrogen (secondary N) is 1. The van der Waals surface area contributed by atoms with Gasteiger partial charge in [-0.1, -0.05) is 12.1 Å². The maximum absolute atomic E-state index is 13.5. The van der Waals surface area contributed by atoms with Crippen LogP contribution in [0.1, 0.15) is 29.6 Å². The topological polar surface area (TPSA) is 49.4 Å². The minimum atomic E-state index is -0.520. The zero-order chi connectivity index (χ0) is 14.1. The van der Waals surface area contributed by atoms with Gasteiger partial charge in [-0.25, -0.2) is 4.39 Å². The number of carbonyl (C=O) groups excluding carboxylic acids is 2. The number of hydrogen-bond acceptors (Lipinski definition) is 2. The van der Waals surface area contributed by atoms with Crippen LogP contribution in [-0.2, 0) is 4.79 Å². The Morgan fingerprint density at radius 1 is 1.20 bits per heavy atom. The summed E-state index contributed by atoms with van der Waals surface area (Å²) < 4.78 is 13.5. The van der Waals surface area contributed by atoms with Gasteiger partial charge in [0.1, 0.15) is 5.82 Å². The van der Waals surface area contributed by atoms with Gasteiger partial charge in [0.05, 0.1) is 5.56 Å². The first kappa shape index (κ1) is 13.1. The maximum Gasteiger partial charge on any atom is 0.254 e. The number of halogens is 1. The van der Waals surface area contributed by atoms with E-state index < -0.39 is 11.7 Å². The van der Waals surface area contributed by atoms with Crippen LogP contribution in [0.25, 0.3) is 0 Å². The van der Waals surface area contributed by atoms with Gasteiger partial charge in [-0.2, -0.15) is 0 Å². The molecule has 0 bridgehead atoms. The highest BCUT2D eigenvalue weighted by Gasteiger charge is 2.36. The summed E-state index contributed by atoms with van der Waals surface area (Å²) in [6.45, 7) is 1.22. The SMILES string of the molecule is O=C(N[C@H]1CCN(C(=O)C2CC2)C1)c1ccccc1F.